The molecule has 0 atom stereocenters. The van der Waals surface area contributed by atoms with Crippen LogP contribution < -0.4 is 15.2 Å². The van der Waals surface area contributed by atoms with E-state index in [9.17, 15) is 8.42 Å². The molecule has 5 nitrogen and oxygen atoms in total. The van der Waals surface area contributed by atoms with Crippen molar-refractivity contribution in [3.8, 4) is 5.75 Å². The first-order valence-corrected chi connectivity index (χ1v) is 8.14. The Morgan fingerprint density at radius 3 is 2.45 bits per heavy atom. The number of hydrogen-bond donors (Lipinski definition) is 2. The van der Waals surface area contributed by atoms with E-state index in [-0.39, 0.29) is 23.8 Å². The second-order valence-corrected chi connectivity index (χ2v) is 7.46. The van der Waals surface area contributed by atoms with Crippen LogP contribution in [0, 0.1) is 0 Å². The summed E-state index contributed by atoms with van der Waals surface area (Å²) < 4.78 is 32.6. The van der Waals surface area contributed by atoms with E-state index < -0.39 is 15.6 Å². The van der Waals surface area contributed by atoms with Gasteiger partial charge in [0, 0.05) is 12.1 Å². The molecule has 0 heterocycles. The number of nitrogens with one attached hydrogen (secondary N) is 1. The molecule has 0 saturated heterocycles. The highest BCUT2D eigenvalue weighted by Gasteiger charge is 2.19. The third-order valence-electron chi connectivity index (χ3n) is 2.23. The van der Waals surface area contributed by atoms with E-state index in [1.807, 2.05) is 6.92 Å². The van der Waals surface area contributed by atoms with Gasteiger partial charge in [0.1, 0.15) is 5.75 Å². The molecular weight excluding hydrogens is 368 g/mol. The summed E-state index contributed by atoms with van der Waals surface area (Å²) in [6, 6.07) is 4.63. The standard InChI is InChI=1S/C12H19BrN2O3S.ClH/c1-4-18-11-6-5-9(7-10(11)13)19(16,17)15-8-12(2,3)14;/h5-7,15H,4,8,14H2,1-3H3;1H. The van der Waals surface area contributed by atoms with Crippen LogP contribution in [0.1, 0.15) is 20.8 Å². The van der Waals surface area contributed by atoms with Crippen molar-refractivity contribution in [2.24, 2.45) is 5.73 Å². The number of hydrogen-bond acceptors (Lipinski definition) is 4. The molecule has 0 bridgehead atoms. The van der Waals surface area contributed by atoms with E-state index in [1.54, 1.807) is 19.9 Å². The molecule has 1 rings (SSSR count). The molecule has 3 N–H and O–H groups in total. The summed E-state index contributed by atoms with van der Waals surface area (Å²) in [4.78, 5) is 0.173. The predicted octanol–water partition coefficient (Wildman–Crippen LogP) is 2.29. The summed E-state index contributed by atoms with van der Waals surface area (Å²) in [5.74, 6) is 0.612. The van der Waals surface area contributed by atoms with Crippen molar-refractivity contribution in [1.29, 1.82) is 0 Å². The minimum absolute atomic E-state index is 0. The number of benzene rings is 1. The Bertz CT molecular complexity index is 544. The van der Waals surface area contributed by atoms with Gasteiger partial charge in [-0.25, -0.2) is 13.1 Å². The smallest absolute Gasteiger partial charge is 0.240 e. The molecule has 1 aromatic carbocycles. The summed E-state index contributed by atoms with van der Waals surface area (Å²) in [6.45, 7) is 6.06. The molecule has 0 amide bonds. The lowest BCUT2D eigenvalue weighted by Crippen LogP contribution is -2.45. The van der Waals surface area contributed by atoms with E-state index in [1.165, 1.54) is 12.1 Å². The number of sulfonamides is 1. The van der Waals surface area contributed by atoms with Gasteiger partial charge in [-0.3, -0.25) is 0 Å². The molecule has 0 spiro atoms. The molecule has 0 saturated carbocycles. The molecule has 0 aromatic heterocycles. The van der Waals surface area contributed by atoms with Crippen molar-refractivity contribution in [3.63, 3.8) is 0 Å². The lowest BCUT2D eigenvalue weighted by atomic mass is 10.1. The third-order valence-corrected chi connectivity index (χ3v) is 4.25. The van der Waals surface area contributed by atoms with Crippen LogP contribution >= 0.6 is 28.3 Å². The van der Waals surface area contributed by atoms with Gasteiger partial charge in [0.05, 0.1) is 16.0 Å². The summed E-state index contributed by atoms with van der Waals surface area (Å²) in [6.07, 6.45) is 0. The Balaban J connectivity index is 0.00000361. The van der Waals surface area contributed by atoms with Crippen molar-refractivity contribution < 1.29 is 13.2 Å². The maximum atomic E-state index is 12.1. The number of ether oxygens (including phenoxy) is 1. The van der Waals surface area contributed by atoms with Gasteiger partial charge in [0.15, 0.2) is 0 Å². The van der Waals surface area contributed by atoms with E-state index in [2.05, 4.69) is 20.7 Å². The van der Waals surface area contributed by atoms with Crippen molar-refractivity contribution in [2.75, 3.05) is 13.2 Å². The highest BCUT2D eigenvalue weighted by Crippen LogP contribution is 2.27. The van der Waals surface area contributed by atoms with Crippen LogP contribution in [0.2, 0.25) is 0 Å². The molecule has 8 heteroatoms. The van der Waals surface area contributed by atoms with Gasteiger partial charge in [0.25, 0.3) is 0 Å². The number of nitrogens with two attached hydrogens (primary N) is 1. The second-order valence-electron chi connectivity index (χ2n) is 4.84. The largest absolute Gasteiger partial charge is 0.493 e. The fraction of sp³-hybridized carbons (Fsp3) is 0.500. The fourth-order valence-corrected chi connectivity index (χ4v) is 3.18. The normalized spacial score (nSPS) is 11.8. The Kier molecular flexibility index (Phi) is 7.48. The predicted molar refractivity (Wildman–Crippen MR) is 86.0 cm³/mol. The van der Waals surface area contributed by atoms with Crippen molar-refractivity contribution in [3.05, 3.63) is 22.7 Å². The molecule has 0 radical (unpaired) electrons. The topological polar surface area (TPSA) is 81.4 Å². The number of rotatable bonds is 6. The first-order chi connectivity index (χ1) is 8.65. The van der Waals surface area contributed by atoms with Crippen LogP contribution in [0.5, 0.6) is 5.75 Å². The van der Waals surface area contributed by atoms with Crippen LogP contribution in [0.3, 0.4) is 0 Å². The summed E-state index contributed by atoms with van der Waals surface area (Å²) in [5.41, 5.74) is 5.16. The Morgan fingerprint density at radius 1 is 1.40 bits per heavy atom. The van der Waals surface area contributed by atoms with Gasteiger partial charge in [-0.1, -0.05) is 0 Å². The first-order valence-electron chi connectivity index (χ1n) is 5.86. The Hall–Kier alpha value is -0.340. The van der Waals surface area contributed by atoms with E-state index in [0.29, 0.717) is 16.8 Å². The minimum Gasteiger partial charge on any atom is -0.493 e. The summed E-state index contributed by atoms with van der Waals surface area (Å²) in [7, 11) is -3.56. The van der Waals surface area contributed by atoms with Crippen molar-refractivity contribution >= 4 is 38.4 Å². The quantitative estimate of drug-likeness (QED) is 0.784. The lowest BCUT2D eigenvalue weighted by Gasteiger charge is -2.19. The maximum absolute atomic E-state index is 12.1. The number of halogens is 2. The highest BCUT2D eigenvalue weighted by molar-refractivity contribution is 9.10. The molecule has 0 aliphatic carbocycles. The zero-order valence-corrected chi connectivity index (χ0v) is 14.9. The summed E-state index contributed by atoms with van der Waals surface area (Å²) >= 11 is 3.29. The maximum Gasteiger partial charge on any atom is 0.240 e. The zero-order chi connectivity index (χ0) is 14.7. The van der Waals surface area contributed by atoms with Crippen molar-refractivity contribution in [2.45, 2.75) is 31.2 Å². The Labute approximate surface area is 134 Å². The van der Waals surface area contributed by atoms with Gasteiger partial charge in [0.2, 0.25) is 10.0 Å². The minimum atomic E-state index is -3.56. The van der Waals surface area contributed by atoms with Gasteiger partial charge < -0.3 is 10.5 Å². The molecule has 0 unspecified atom stereocenters. The van der Waals surface area contributed by atoms with Crippen LogP contribution in [-0.4, -0.2) is 27.1 Å². The molecule has 0 fully saturated rings. The van der Waals surface area contributed by atoms with Crippen LogP contribution in [0.25, 0.3) is 0 Å². The molecule has 20 heavy (non-hydrogen) atoms. The molecule has 116 valence electrons. The third kappa shape index (κ3) is 5.97. The van der Waals surface area contributed by atoms with Gasteiger partial charge >= 0.3 is 0 Å². The molecule has 0 aliphatic heterocycles. The van der Waals surface area contributed by atoms with Gasteiger partial charge in [-0.15, -0.1) is 12.4 Å². The van der Waals surface area contributed by atoms with E-state index >= 15 is 0 Å². The van der Waals surface area contributed by atoms with Crippen LogP contribution in [0.15, 0.2) is 27.6 Å². The average molecular weight is 388 g/mol. The van der Waals surface area contributed by atoms with Crippen LogP contribution in [0.4, 0.5) is 0 Å². The molecule has 0 aliphatic rings. The van der Waals surface area contributed by atoms with Crippen LogP contribution in [-0.2, 0) is 10.0 Å². The first kappa shape index (κ1) is 19.7. The molecular formula is C12H20BrClN2O3S. The van der Waals surface area contributed by atoms with Gasteiger partial charge in [-0.2, -0.15) is 0 Å². The van der Waals surface area contributed by atoms with E-state index in [0.717, 1.165) is 0 Å². The second kappa shape index (κ2) is 7.61. The Morgan fingerprint density at radius 2 is 2.00 bits per heavy atom. The highest BCUT2D eigenvalue weighted by atomic mass is 79.9. The SMILES string of the molecule is CCOc1ccc(S(=O)(=O)NCC(C)(C)N)cc1Br.Cl. The van der Waals surface area contributed by atoms with Crippen molar-refractivity contribution in [1.82, 2.24) is 4.72 Å². The molecule has 1 aromatic rings. The average Bonchev–Trinajstić information content (AvgIpc) is 2.29. The zero-order valence-electron chi connectivity index (χ0n) is 11.6. The van der Waals surface area contributed by atoms with Gasteiger partial charge in [-0.05, 0) is 54.9 Å². The summed E-state index contributed by atoms with van der Waals surface area (Å²) in [5, 5.41) is 0. The van der Waals surface area contributed by atoms with E-state index in [4.69, 9.17) is 10.5 Å². The lowest BCUT2D eigenvalue weighted by molar-refractivity contribution is 0.338. The monoisotopic (exact) mass is 386 g/mol. The fourth-order valence-electron chi connectivity index (χ4n) is 1.29.